The highest BCUT2D eigenvalue weighted by molar-refractivity contribution is 5.95. The maximum absolute atomic E-state index is 13.0. The molecule has 3 N–H and O–H groups in total. The van der Waals surface area contributed by atoms with Crippen LogP contribution in [-0.2, 0) is 4.79 Å². The number of furan rings is 1. The number of para-hydroxylation sites is 1. The molecule has 1 unspecified atom stereocenters. The maximum Gasteiger partial charge on any atom is 0.274 e. The number of nitrogens with one attached hydrogen (secondary N) is 2. The number of carbonyl (C=O) groups is 2. The molecule has 2 amide bonds. The largest absolute Gasteiger partial charge is 0.492 e. The average molecular weight is 435 g/mol. The van der Waals surface area contributed by atoms with Gasteiger partial charge < -0.3 is 14.1 Å². The Kier molecular flexibility index (Phi) is 6.53. The molecule has 0 spiro atoms. The molecule has 32 heavy (non-hydrogen) atoms. The van der Waals surface area contributed by atoms with Gasteiger partial charge >= 0.3 is 0 Å². The lowest BCUT2D eigenvalue weighted by atomic mass is 10.1. The summed E-state index contributed by atoms with van der Waals surface area (Å²) in [5.74, 6) is 0.543. The highest BCUT2D eigenvalue weighted by Crippen LogP contribution is 2.24. The van der Waals surface area contributed by atoms with E-state index in [2.05, 4.69) is 5.32 Å². The fraction of sp³-hybridized carbons (Fsp3) is 0.250. The van der Waals surface area contributed by atoms with Crippen molar-refractivity contribution in [2.45, 2.75) is 19.5 Å². The Labute approximate surface area is 185 Å². The third kappa shape index (κ3) is 4.82. The van der Waals surface area contributed by atoms with E-state index in [1.165, 1.54) is 0 Å². The lowest BCUT2D eigenvalue weighted by Crippen LogP contribution is -2.57. The maximum atomic E-state index is 13.0. The van der Waals surface area contributed by atoms with Crippen LogP contribution in [0.2, 0.25) is 0 Å². The van der Waals surface area contributed by atoms with Crippen molar-refractivity contribution in [3.8, 4) is 5.75 Å². The first-order chi connectivity index (χ1) is 15.5. The van der Waals surface area contributed by atoms with Crippen molar-refractivity contribution in [3.63, 3.8) is 0 Å². The van der Waals surface area contributed by atoms with E-state index < -0.39 is 5.91 Å². The van der Waals surface area contributed by atoms with Crippen LogP contribution in [0.25, 0.3) is 16.5 Å². The van der Waals surface area contributed by atoms with Gasteiger partial charge in [-0.25, -0.2) is 5.48 Å². The van der Waals surface area contributed by atoms with Crippen molar-refractivity contribution in [2.75, 3.05) is 19.7 Å². The minimum atomic E-state index is -0.587. The number of carbonyl (C=O) groups excluding carboxylic acids is 2. The fourth-order valence-corrected chi connectivity index (χ4v) is 3.50. The summed E-state index contributed by atoms with van der Waals surface area (Å²) >= 11 is 0. The smallest absolute Gasteiger partial charge is 0.274 e. The van der Waals surface area contributed by atoms with Gasteiger partial charge in [0, 0.05) is 23.6 Å². The number of rotatable bonds is 8. The highest BCUT2D eigenvalue weighted by Gasteiger charge is 2.27. The van der Waals surface area contributed by atoms with Gasteiger partial charge in [-0.05, 0) is 55.3 Å². The third-order valence-electron chi connectivity index (χ3n) is 5.43. The summed E-state index contributed by atoms with van der Waals surface area (Å²) < 4.78 is 11.6. The van der Waals surface area contributed by atoms with Crippen molar-refractivity contribution in [1.29, 1.82) is 0 Å². The topological polar surface area (TPSA) is 104 Å². The van der Waals surface area contributed by atoms with Crippen molar-refractivity contribution in [2.24, 2.45) is 0 Å². The Balaban J connectivity index is 1.40. The lowest BCUT2D eigenvalue weighted by Gasteiger charge is -2.38. The Hall–Kier alpha value is -3.62. The SMILES string of the molecule is CC(=CC(=O)N(CCOc1ccc(C(=O)NO)cc1)C1CCN1)c1cc2ccccc2o1. The molecule has 1 aliphatic heterocycles. The zero-order chi connectivity index (χ0) is 22.5. The van der Waals surface area contributed by atoms with Gasteiger partial charge in [0.1, 0.15) is 23.7 Å². The van der Waals surface area contributed by atoms with Crippen molar-refractivity contribution in [1.82, 2.24) is 15.7 Å². The van der Waals surface area contributed by atoms with Crippen LogP contribution in [0.5, 0.6) is 5.75 Å². The molecular formula is C24H25N3O5. The van der Waals surface area contributed by atoms with E-state index in [-0.39, 0.29) is 12.1 Å². The molecule has 1 aliphatic rings. The number of hydrogen-bond donors (Lipinski definition) is 3. The van der Waals surface area contributed by atoms with Gasteiger partial charge in [-0.3, -0.25) is 20.1 Å². The minimum absolute atomic E-state index is 0.0264. The molecule has 2 heterocycles. The predicted molar refractivity (Wildman–Crippen MR) is 119 cm³/mol. The number of hydrogen-bond acceptors (Lipinski definition) is 6. The van der Waals surface area contributed by atoms with E-state index in [1.54, 1.807) is 40.7 Å². The van der Waals surface area contributed by atoms with Crippen molar-refractivity contribution in [3.05, 3.63) is 72.0 Å². The molecule has 1 fully saturated rings. The molecule has 3 aromatic rings. The summed E-state index contributed by atoms with van der Waals surface area (Å²) in [5.41, 5.74) is 3.46. The van der Waals surface area contributed by atoms with Crippen LogP contribution in [0.1, 0.15) is 29.5 Å². The number of amides is 2. The van der Waals surface area contributed by atoms with Gasteiger partial charge in [-0.1, -0.05) is 18.2 Å². The van der Waals surface area contributed by atoms with Crippen molar-refractivity contribution >= 4 is 28.4 Å². The first kappa shape index (κ1) is 21.6. The van der Waals surface area contributed by atoms with Crippen LogP contribution in [0.3, 0.4) is 0 Å². The number of hydroxylamine groups is 1. The number of nitrogens with zero attached hydrogens (tertiary/aromatic N) is 1. The van der Waals surface area contributed by atoms with Gasteiger partial charge in [0.05, 0.1) is 12.7 Å². The monoisotopic (exact) mass is 435 g/mol. The lowest BCUT2D eigenvalue weighted by molar-refractivity contribution is -0.131. The Morgan fingerprint density at radius 1 is 1.25 bits per heavy atom. The van der Waals surface area contributed by atoms with E-state index in [0.717, 1.165) is 29.5 Å². The summed E-state index contributed by atoms with van der Waals surface area (Å²) in [5, 5.41) is 12.9. The second kappa shape index (κ2) is 9.67. The standard InChI is InChI=1S/C24H25N3O5/c1-16(21-15-18-4-2-3-5-20(18)32-21)14-23(28)27(22-10-11-25-22)12-13-31-19-8-6-17(7-9-19)24(29)26-30/h2-9,14-15,22,25,30H,10-13H2,1H3,(H,26,29). The van der Waals surface area contributed by atoms with E-state index in [4.69, 9.17) is 14.4 Å². The molecule has 1 atom stereocenters. The number of ether oxygens (including phenoxy) is 1. The first-order valence-electron chi connectivity index (χ1n) is 10.4. The average Bonchev–Trinajstić information content (AvgIpc) is 3.21. The molecule has 0 radical (unpaired) electrons. The van der Waals surface area contributed by atoms with Crippen LogP contribution in [0, 0.1) is 0 Å². The van der Waals surface area contributed by atoms with Gasteiger partial charge in [-0.15, -0.1) is 0 Å². The molecule has 0 saturated carbocycles. The second-order valence-corrected chi connectivity index (χ2v) is 7.58. The molecule has 8 nitrogen and oxygen atoms in total. The van der Waals surface area contributed by atoms with Gasteiger partial charge in [0.15, 0.2) is 0 Å². The van der Waals surface area contributed by atoms with Crippen LogP contribution < -0.4 is 15.5 Å². The summed E-state index contributed by atoms with van der Waals surface area (Å²) in [6, 6.07) is 16.1. The van der Waals surface area contributed by atoms with E-state index in [0.29, 0.717) is 30.2 Å². The fourth-order valence-electron chi connectivity index (χ4n) is 3.50. The third-order valence-corrected chi connectivity index (χ3v) is 5.43. The highest BCUT2D eigenvalue weighted by atomic mass is 16.5. The molecule has 4 rings (SSSR count). The summed E-state index contributed by atoms with van der Waals surface area (Å²) in [4.78, 5) is 26.2. The predicted octanol–water partition coefficient (Wildman–Crippen LogP) is 3.18. The zero-order valence-electron chi connectivity index (χ0n) is 17.7. The van der Waals surface area contributed by atoms with Gasteiger partial charge in [-0.2, -0.15) is 0 Å². The Morgan fingerprint density at radius 2 is 2.00 bits per heavy atom. The molecule has 0 aliphatic carbocycles. The molecule has 0 bridgehead atoms. The number of fused-ring (bicyclic) bond motifs is 1. The molecule has 166 valence electrons. The molecule has 8 heteroatoms. The zero-order valence-corrected chi connectivity index (χ0v) is 17.7. The first-order valence-corrected chi connectivity index (χ1v) is 10.4. The normalized spacial score (nSPS) is 15.8. The summed E-state index contributed by atoms with van der Waals surface area (Å²) in [6.07, 6.45) is 2.45. The van der Waals surface area contributed by atoms with Gasteiger partial charge in [0.25, 0.3) is 5.91 Å². The molecule has 1 saturated heterocycles. The van der Waals surface area contributed by atoms with E-state index >= 15 is 0 Å². The number of benzene rings is 2. The number of allylic oxidation sites excluding steroid dienone is 1. The Bertz CT molecular complexity index is 1100. The van der Waals surface area contributed by atoms with Crippen LogP contribution >= 0.6 is 0 Å². The van der Waals surface area contributed by atoms with Crippen LogP contribution in [-0.4, -0.2) is 47.8 Å². The molecule has 2 aromatic carbocycles. The quantitative estimate of drug-likeness (QED) is 0.285. The molecular weight excluding hydrogens is 410 g/mol. The van der Waals surface area contributed by atoms with Crippen LogP contribution in [0.4, 0.5) is 0 Å². The van der Waals surface area contributed by atoms with E-state index in [9.17, 15) is 9.59 Å². The van der Waals surface area contributed by atoms with Crippen molar-refractivity contribution < 1.29 is 24.0 Å². The second-order valence-electron chi connectivity index (χ2n) is 7.58. The Morgan fingerprint density at radius 3 is 2.66 bits per heavy atom. The van der Waals surface area contributed by atoms with Gasteiger partial charge in [0.2, 0.25) is 5.91 Å². The van der Waals surface area contributed by atoms with Crippen LogP contribution in [0.15, 0.2) is 65.1 Å². The summed E-state index contributed by atoms with van der Waals surface area (Å²) in [6.45, 7) is 3.44. The minimum Gasteiger partial charge on any atom is -0.492 e. The van der Waals surface area contributed by atoms with E-state index in [1.807, 2.05) is 37.3 Å². The molecule has 1 aromatic heterocycles. The summed E-state index contributed by atoms with van der Waals surface area (Å²) in [7, 11) is 0.